The topological polar surface area (TPSA) is 46.2 Å². The van der Waals surface area contributed by atoms with E-state index in [1.54, 1.807) is 6.92 Å². The van der Waals surface area contributed by atoms with Gasteiger partial charge in [0.2, 0.25) is 0 Å². The summed E-state index contributed by atoms with van der Waals surface area (Å²) in [4.78, 5) is 0. The van der Waals surface area contributed by atoms with Gasteiger partial charge in [-0.25, -0.2) is 8.78 Å². The Morgan fingerprint density at radius 1 is 1.39 bits per heavy atom. The fourth-order valence-electron chi connectivity index (χ4n) is 1.61. The third-order valence-corrected chi connectivity index (χ3v) is 3.62. The van der Waals surface area contributed by atoms with Crippen molar-refractivity contribution >= 4 is 28.3 Å². The Bertz CT molecular complexity index is 406. The van der Waals surface area contributed by atoms with Crippen LogP contribution in [0.2, 0.25) is 0 Å². The van der Waals surface area contributed by atoms with Crippen molar-refractivity contribution in [3.8, 4) is 0 Å². The maximum atomic E-state index is 13.8. The van der Waals surface area contributed by atoms with Crippen LogP contribution in [0.1, 0.15) is 31.9 Å². The molecule has 0 radical (unpaired) electrons. The highest BCUT2D eigenvalue weighted by molar-refractivity contribution is 9.10. The molecule has 0 aliphatic heterocycles. The maximum absolute atomic E-state index is 13.8. The number of hydrogen-bond acceptors (Lipinski definition) is 2. The van der Waals surface area contributed by atoms with E-state index in [4.69, 9.17) is 5.73 Å². The van der Waals surface area contributed by atoms with E-state index in [0.29, 0.717) is 6.42 Å². The summed E-state index contributed by atoms with van der Waals surface area (Å²) < 4.78 is 27.5. The number of aliphatic hydroxyl groups is 1. The minimum absolute atomic E-state index is 0. The molecule has 0 fully saturated rings. The Labute approximate surface area is 120 Å². The molecule has 104 valence electrons. The zero-order valence-corrected chi connectivity index (χ0v) is 12.6. The quantitative estimate of drug-likeness (QED) is 0.821. The lowest BCUT2D eigenvalue weighted by Crippen LogP contribution is -2.33. The van der Waals surface area contributed by atoms with Crippen LogP contribution in [0.15, 0.2) is 16.6 Å². The van der Waals surface area contributed by atoms with Crippen molar-refractivity contribution in [3.05, 3.63) is 33.8 Å². The molecule has 6 heteroatoms. The molecule has 0 saturated heterocycles. The molecule has 0 bridgehead atoms. The number of nitrogens with two attached hydrogens (primary N) is 1. The summed E-state index contributed by atoms with van der Waals surface area (Å²) in [5.41, 5.74) is 5.46. The van der Waals surface area contributed by atoms with Crippen molar-refractivity contribution in [2.24, 2.45) is 11.7 Å². The van der Waals surface area contributed by atoms with Crippen LogP contribution in [0.5, 0.6) is 0 Å². The molecular weight excluding hydrogens is 327 g/mol. The van der Waals surface area contributed by atoms with Gasteiger partial charge in [0.1, 0.15) is 11.6 Å². The average Bonchev–Trinajstić information content (AvgIpc) is 2.32. The first-order valence-corrected chi connectivity index (χ1v) is 6.26. The highest BCUT2D eigenvalue weighted by Crippen LogP contribution is 2.29. The normalized spacial score (nSPS) is 15.7. The first-order chi connectivity index (χ1) is 7.90. The maximum Gasteiger partial charge on any atom is 0.145 e. The highest BCUT2D eigenvalue weighted by Gasteiger charge is 2.27. The third-order valence-electron chi connectivity index (χ3n) is 3.01. The number of rotatable bonds is 4. The van der Waals surface area contributed by atoms with Crippen LogP contribution in [0.3, 0.4) is 0 Å². The molecule has 3 atom stereocenters. The fourth-order valence-corrected chi connectivity index (χ4v) is 1.96. The molecule has 1 unspecified atom stereocenters. The van der Waals surface area contributed by atoms with Gasteiger partial charge in [0, 0.05) is 5.56 Å². The zero-order valence-electron chi connectivity index (χ0n) is 10.2. The second kappa shape index (κ2) is 7.38. The molecule has 0 amide bonds. The standard InChI is InChI=1S/C12H16BrF2NO.ClH/c1-3-6(2)12(17)11(16)9-8(14)5-4-7(13)10(9)15;/h4-6,11-12,17H,3,16H2,1-2H3;1H/t6?,11-,12+;/m1./s1. The molecule has 0 aliphatic carbocycles. The van der Waals surface area contributed by atoms with Crippen LogP contribution < -0.4 is 5.73 Å². The van der Waals surface area contributed by atoms with E-state index < -0.39 is 23.8 Å². The molecule has 3 N–H and O–H groups in total. The Morgan fingerprint density at radius 2 is 1.94 bits per heavy atom. The van der Waals surface area contributed by atoms with E-state index in [2.05, 4.69) is 15.9 Å². The summed E-state index contributed by atoms with van der Waals surface area (Å²) in [7, 11) is 0. The molecular formula is C12H17BrClF2NO. The molecule has 0 saturated carbocycles. The summed E-state index contributed by atoms with van der Waals surface area (Å²) in [6.45, 7) is 3.67. The van der Waals surface area contributed by atoms with Crippen molar-refractivity contribution in [1.29, 1.82) is 0 Å². The summed E-state index contributed by atoms with van der Waals surface area (Å²) in [6.07, 6.45) is -0.287. The molecule has 18 heavy (non-hydrogen) atoms. The van der Waals surface area contributed by atoms with Gasteiger partial charge in [-0.05, 0) is 34.0 Å². The Balaban J connectivity index is 0.00000289. The molecule has 2 nitrogen and oxygen atoms in total. The third kappa shape index (κ3) is 3.63. The van der Waals surface area contributed by atoms with E-state index in [-0.39, 0.29) is 28.4 Å². The number of benzene rings is 1. The summed E-state index contributed by atoms with van der Waals surface area (Å²) >= 11 is 2.97. The second-order valence-corrected chi connectivity index (χ2v) is 5.01. The summed E-state index contributed by atoms with van der Waals surface area (Å²) in [5, 5.41) is 9.91. The average molecular weight is 345 g/mol. The lowest BCUT2D eigenvalue weighted by atomic mass is 9.91. The molecule has 1 aromatic carbocycles. The first kappa shape index (κ1) is 17.8. The largest absolute Gasteiger partial charge is 0.391 e. The van der Waals surface area contributed by atoms with Gasteiger partial charge in [0.15, 0.2) is 0 Å². The van der Waals surface area contributed by atoms with Crippen molar-refractivity contribution < 1.29 is 13.9 Å². The van der Waals surface area contributed by atoms with Crippen LogP contribution in [-0.2, 0) is 0 Å². The van der Waals surface area contributed by atoms with Gasteiger partial charge in [-0.15, -0.1) is 12.4 Å². The van der Waals surface area contributed by atoms with E-state index in [1.807, 2.05) is 6.92 Å². The first-order valence-electron chi connectivity index (χ1n) is 5.47. The van der Waals surface area contributed by atoms with Gasteiger partial charge >= 0.3 is 0 Å². The minimum atomic E-state index is -1.07. The monoisotopic (exact) mass is 343 g/mol. The molecule has 1 aromatic rings. The van der Waals surface area contributed by atoms with Gasteiger partial charge in [0.25, 0.3) is 0 Å². The fraction of sp³-hybridized carbons (Fsp3) is 0.500. The lowest BCUT2D eigenvalue weighted by molar-refractivity contribution is 0.0853. The predicted octanol–water partition coefficient (Wildman–Crippen LogP) is 3.56. The number of hydrogen-bond donors (Lipinski definition) is 2. The SMILES string of the molecule is CCC(C)[C@H](O)[C@H](N)c1c(F)ccc(Br)c1F.Cl. The molecule has 0 spiro atoms. The van der Waals surface area contributed by atoms with Crippen molar-refractivity contribution in [2.45, 2.75) is 32.4 Å². The minimum Gasteiger partial charge on any atom is -0.391 e. The summed E-state index contributed by atoms with van der Waals surface area (Å²) in [5.74, 6) is -1.61. The molecule has 0 aliphatic rings. The molecule has 0 heterocycles. The van der Waals surface area contributed by atoms with Crippen molar-refractivity contribution in [3.63, 3.8) is 0 Å². The van der Waals surface area contributed by atoms with E-state index >= 15 is 0 Å². The van der Waals surface area contributed by atoms with Crippen molar-refractivity contribution in [2.75, 3.05) is 0 Å². The van der Waals surface area contributed by atoms with Gasteiger partial charge < -0.3 is 10.8 Å². The molecule has 1 rings (SSSR count). The number of halogens is 4. The van der Waals surface area contributed by atoms with Crippen LogP contribution in [-0.4, -0.2) is 11.2 Å². The van der Waals surface area contributed by atoms with E-state index in [9.17, 15) is 13.9 Å². The van der Waals surface area contributed by atoms with Gasteiger partial charge in [0.05, 0.1) is 16.6 Å². The van der Waals surface area contributed by atoms with Crippen LogP contribution in [0.25, 0.3) is 0 Å². The predicted molar refractivity (Wildman–Crippen MR) is 73.7 cm³/mol. The van der Waals surface area contributed by atoms with Gasteiger partial charge in [-0.1, -0.05) is 20.3 Å². The van der Waals surface area contributed by atoms with Crippen LogP contribution >= 0.6 is 28.3 Å². The van der Waals surface area contributed by atoms with Crippen LogP contribution in [0, 0.1) is 17.6 Å². The van der Waals surface area contributed by atoms with Crippen molar-refractivity contribution in [1.82, 2.24) is 0 Å². The van der Waals surface area contributed by atoms with Gasteiger partial charge in [-0.2, -0.15) is 0 Å². The highest BCUT2D eigenvalue weighted by atomic mass is 79.9. The Morgan fingerprint density at radius 3 is 2.44 bits per heavy atom. The lowest BCUT2D eigenvalue weighted by Gasteiger charge is -2.25. The van der Waals surface area contributed by atoms with Gasteiger partial charge in [-0.3, -0.25) is 0 Å². The zero-order chi connectivity index (χ0) is 13.2. The van der Waals surface area contributed by atoms with E-state index in [1.165, 1.54) is 6.07 Å². The smallest absolute Gasteiger partial charge is 0.145 e. The Hall–Kier alpha value is -0.230. The summed E-state index contributed by atoms with van der Waals surface area (Å²) in [6, 6.07) is 1.34. The Kier molecular flexibility index (Phi) is 7.29. The molecule has 0 aromatic heterocycles. The second-order valence-electron chi connectivity index (χ2n) is 4.16. The van der Waals surface area contributed by atoms with Crippen LogP contribution in [0.4, 0.5) is 8.78 Å². The number of aliphatic hydroxyl groups excluding tert-OH is 1. The van der Waals surface area contributed by atoms with E-state index in [0.717, 1.165) is 6.07 Å².